The Balaban J connectivity index is 1.91. The van der Waals surface area contributed by atoms with Gasteiger partial charge in [0.1, 0.15) is 24.1 Å². The summed E-state index contributed by atoms with van der Waals surface area (Å²) in [7, 11) is -2.46. The molecule has 0 fully saturated rings. The monoisotopic (exact) mass is 449 g/mol. The van der Waals surface area contributed by atoms with E-state index in [2.05, 4.69) is 15.3 Å². The number of hydrogen-bond acceptors (Lipinski definition) is 9. The lowest BCUT2D eigenvalue weighted by Crippen LogP contribution is -2.33. The molecule has 0 saturated heterocycles. The molecule has 0 bridgehead atoms. The molecule has 2 N–H and O–H groups in total. The van der Waals surface area contributed by atoms with E-state index in [1.165, 1.54) is 25.3 Å². The summed E-state index contributed by atoms with van der Waals surface area (Å²) in [5.41, 5.74) is 3.36. The third-order valence-electron chi connectivity index (χ3n) is 3.92. The lowest BCUT2D eigenvalue weighted by atomic mass is 10.1. The average molecular weight is 449 g/mol. The van der Waals surface area contributed by atoms with Crippen LogP contribution < -0.4 is 19.6 Å². The van der Waals surface area contributed by atoms with Gasteiger partial charge in [-0.15, -0.1) is 0 Å². The summed E-state index contributed by atoms with van der Waals surface area (Å²) in [5, 5.41) is 9.91. The predicted octanol–water partition coefficient (Wildman–Crippen LogP) is 2.57. The molecule has 11 heteroatoms. The van der Waals surface area contributed by atoms with Gasteiger partial charge in [0.25, 0.3) is 0 Å². The Hall–Kier alpha value is -3.07. The number of esters is 1. The van der Waals surface area contributed by atoms with Crippen molar-refractivity contribution in [3.8, 4) is 17.2 Å². The van der Waals surface area contributed by atoms with Crippen LogP contribution in [0, 0.1) is 6.92 Å². The van der Waals surface area contributed by atoms with Crippen LogP contribution in [0.5, 0.6) is 17.2 Å². The van der Waals surface area contributed by atoms with E-state index in [1.54, 1.807) is 32.9 Å². The third-order valence-corrected chi connectivity index (χ3v) is 4.56. The second kappa shape index (κ2) is 11.4. The summed E-state index contributed by atoms with van der Waals surface area (Å²) < 4.78 is 15.8. The standard InChI is InChI=1S/C20H24N3O7P/c1-12(2)29-20(26)14(4)22-23-31(27)30-17-7-5-16(6-8-17)28-11-15-9-21-13(3)19(25)18(15)10-24/h5-10,12,14,22,25H,11H2,1-4H3/t14-/m1/s1. The zero-order valence-corrected chi connectivity index (χ0v) is 18.5. The number of nitrogens with zero attached hydrogens (tertiary/aromatic N) is 2. The number of rotatable bonds is 10. The van der Waals surface area contributed by atoms with E-state index in [-0.39, 0.29) is 29.8 Å². The fraction of sp³-hybridized carbons (Fsp3) is 0.350. The number of aromatic hydroxyl groups is 1. The summed E-state index contributed by atoms with van der Waals surface area (Å²) >= 11 is 0. The fourth-order valence-electron chi connectivity index (χ4n) is 2.29. The molecule has 1 heterocycles. The van der Waals surface area contributed by atoms with Crippen molar-refractivity contribution in [1.82, 2.24) is 10.4 Å². The Bertz CT molecular complexity index is 949. The molecule has 0 aliphatic heterocycles. The number of nitrogens with one attached hydrogen (secondary N) is 1. The van der Waals surface area contributed by atoms with Gasteiger partial charge in [0.15, 0.2) is 12.0 Å². The molecule has 1 unspecified atom stereocenters. The van der Waals surface area contributed by atoms with Crippen LogP contribution in [0.3, 0.4) is 0 Å². The van der Waals surface area contributed by atoms with Crippen molar-refractivity contribution in [1.29, 1.82) is 0 Å². The maximum Gasteiger partial charge on any atom is 0.412 e. The molecule has 0 aliphatic rings. The van der Waals surface area contributed by atoms with E-state index < -0.39 is 20.2 Å². The van der Waals surface area contributed by atoms with Crippen LogP contribution >= 0.6 is 8.17 Å². The number of benzene rings is 1. The molecule has 0 radical (unpaired) electrons. The van der Waals surface area contributed by atoms with Crippen LogP contribution in [-0.2, 0) is 16.1 Å². The summed E-state index contributed by atoms with van der Waals surface area (Å²) in [6.45, 7) is 6.59. The molecule has 0 spiro atoms. The van der Waals surface area contributed by atoms with Gasteiger partial charge in [-0.25, -0.2) is 0 Å². The highest BCUT2D eigenvalue weighted by Gasteiger charge is 2.17. The fourth-order valence-corrected chi connectivity index (χ4v) is 2.90. The van der Waals surface area contributed by atoms with E-state index in [4.69, 9.17) is 14.0 Å². The number of carbonyl (C=O) groups is 2. The molecule has 10 nitrogen and oxygen atoms in total. The van der Waals surface area contributed by atoms with Crippen molar-refractivity contribution in [2.75, 3.05) is 0 Å². The van der Waals surface area contributed by atoms with Gasteiger partial charge in [-0.2, -0.15) is 5.43 Å². The van der Waals surface area contributed by atoms with Crippen molar-refractivity contribution < 1.29 is 33.6 Å². The first-order chi connectivity index (χ1) is 14.7. The Kier molecular flexibility index (Phi) is 8.87. The number of carbonyl (C=O) groups excluding carboxylic acids is 2. The normalized spacial score (nSPS) is 12.4. The van der Waals surface area contributed by atoms with Gasteiger partial charge in [-0.1, -0.05) is 0 Å². The summed E-state index contributed by atoms with van der Waals surface area (Å²) in [4.78, 5) is 42.5. The van der Waals surface area contributed by atoms with Crippen LogP contribution in [0.4, 0.5) is 0 Å². The molecular weight excluding hydrogens is 425 g/mol. The molecular formula is C20H24N3O7P. The van der Waals surface area contributed by atoms with Crippen molar-refractivity contribution in [2.45, 2.75) is 46.4 Å². The summed E-state index contributed by atoms with van der Waals surface area (Å²) in [5.74, 6) is 0.0468. The molecule has 2 aromatic rings. The first-order valence-corrected chi connectivity index (χ1v) is 10.5. The van der Waals surface area contributed by atoms with Crippen LogP contribution in [0.25, 0.3) is 0 Å². The van der Waals surface area contributed by atoms with E-state index >= 15 is 0 Å². The first kappa shape index (κ1) is 24.2. The molecule has 166 valence electrons. The number of aldehydes is 1. The SMILES string of the molecule is Cc1ncc(COc2ccc(O/[P+]([O-])=N/N[C@H](C)C(=O)OC(C)C)cc2)c(C=O)c1O. The van der Waals surface area contributed by atoms with Gasteiger partial charge >= 0.3 is 14.1 Å². The van der Waals surface area contributed by atoms with Gasteiger partial charge in [0.05, 0.1) is 17.4 Å². The maximum absolute atomic E-state index is 11.9. The van der Waals surface area contributed by atoms with Gasteiger partial charge in [0, 0.05) is 16.6 Å². The average Bonchev–Trinajstić information content (AvgIpc) is 2.73. The van der Waals surface area contributed by atoms with E-state index in [0.717, 1.165) is 0 Å². The van der Waals surface area contributed by atoms with Crippen LogP contribution in [-0.4, -0.2) is 34.5 Å². The minimum absolute atomic E-state index is 0.0208. The zero-order valence-electron chi connectivity index (χ0n) is 17.6. The highest BCUT2D eigenvalue weighted by atomic mass is 31.1. The van der Waals surface area contributed by atoms with Crippen molar-refractivity contribution >= 4 is 20.4 Å². The number of aryl methyl sites for hydroxylation is 1. The van der Waals surface area contributed by atoms with Crippen LogP contribution in [0.1, 0.15) is 42.4 Å². The molecule has 2 rings (SSSR count). The molecule has 0 saturated carbocycles. The van der Waals surface area contributed by atoms with Crippen LogP contribution in [0.2, 0.25) is 0 Å². The Labute approximate surface area is 180 Å². The van der Waals surface area contributed by atoms with Crippen molar-refractivity contribution in [2.24, 2.45) is 4.85 Å². The molecule has 0 aliphatic carbocycles. The lowest BCUT2D eigenvalue weighted by Gasteiger charge is -2.11. The van der Waals surface area contributed by atoms with Crippen molar-refractivity contribution in [3.63, 3.8) is 0 Å². The number of pyridine rings is 1. The van der Waals surface area contributed by atoms with E-state index in [1.807, 2.05) is 0 Å². The topological polar surface area (TPSA) is 142 Å². The summed E-state index contributed by atoms with van der Waals surface area (Å²) in [6, 6.07) is 5.44. The number of ether oxygens (including phenoxy) is 2. The highest BCUT2D eigenvalue weighted by molar-refractivity contribution is 7.33. The molecule has 0 amide bonds. The number of aromatic nitrogens is 1. The molecule has 1 aromatic carbocycles. The second-order valence-electron chi connectivity index (χ2n) is 6.77. The van der Waals surface area contributed by atoms with Gasteiger partial charge in [0.2, 0.25) is 0 Å². The Morgan fingerprint density at radius 1 is 1.29 bits per heavy atom. The van der Waals surface area contributed by atoms with E-state index in [9.17, 15) is 19.6 Å². The Morgan fingerprint density at radius 2 is 1.94 bits per heavy atom. The minimum Gasteiger partial charge on any atom is -0.574 e. The lowest BCUT2D eigenvalue weighted by molar-refractivity contribution is -0.169. The van der Waals surface area contributed by atoms with Gasteiger partial charge in [-0.05, 0) is 52.0 Å². The number of hydrogen-bond donors (Lipinski definition) is 2. The quantitative estimate of drug-likeness (QED) is 0.242. The molecule has 31 heavy (non-hydrogen) atoms. The van der Waals surface area contributed by atoms with Crippen LogP contribution in [0.15, 0.2) is 35.3 Å². The van der Waals surface area contributed by atoms with Crippen molar-refractivity contribution in [3.05, 3.63) is 47.3 Å². The molecule has 2 atom stereocenters. The maximum atomic E-state index is 11.9. The second-order valence-corrected chi connectivity index (χ2v) is 7.63. The Morgan fingerprint density at radius 3 is 2.55 bits per heavy atom. The van der Waals surface area contributed by atoms with E-state index in [0.29, 0.717) is 23.3 Å². The summed E-state index contributed by atoms with van der Waals surface area (Å²) in [6.07, 6.45) is 1.75. The van der Waals surface area contributed by atoms with Gasteiger partial charge in [-0.3, -0.25) is 19.1 Å². The first-order valence-electron chi connectivity index (χ1n) is 9.38. The third kappa shape index (κ3) is 7.29. The molecule has 1 aromatic heterocycles. The predicted molar refractivity (Wildman–Crippen MR) is 111 cm³/mol. The van der Waals surface area contributed by atoms with Gasteiger partial charge < -0.3 is 19.5 Å². The zero-order chi connectivity index (χ0) is 23.0. The highest BCUT2D eigenvalue weighted by Crippen LogP contribution is 2.26. The smallest absolute Gasteiger partial charge is 0.412 e. The minimum atomic E-state index is -2.46. The largest absolute Gasteiger partial charge is 0.574 e.